The molecule has 0 fully saturated rings. The van der Waals surface area contributed by atoms with Crippen LogP contribution in [0.4, 0.5) is 4.39 Å². The highest BCUT2D eigenvalue weighted by Crippen LogP contribution is 2.20. The number of aryl methyl sites for hydroxylation is 1. The van der Waals surface area contributed by atoms with E-state index in [0.717, 1.165) is 9.13 Å². The summed E-state index contributed by atoms with van der Waals surface area (Å²) >= 11 is 2.16. The summed E-state index contributed by atoms with van der Waals surface area (Å²) < 4.78 is 13.7. The molecule has 2 aromatic rings. The van der Waals surface area contributed by atoms with Crippen LogP contribution < -0.4 is 0 Å². The van der Waals surface area contributed by atoms with Gasteiger partial charge in [-0.3, -0.25) is 4.79 Å². The molecule has 0 saturated heterocycles. The Morgan fingerprint density at radius 3 is 2.41 bits per heavy atom. The number of hydrogen-bond donors (Lipinski definition) is 0. The minimum atomic E-state index is -0.333. The van der Waals surface area contributed by atoms with Crippen molar-refractivity contribution in [1.29, 1.82) is 0 Å². The van der Waals surface area contributed by atoms with Crippen molar-refractivity contribution < 1.29 is 9.18 Å². The van der Waals surface area contributed by atoms with E-state index in [2.05, 4.69) is 22.6 Å². The van der Waals surface area contributed by atoms with Gasteiger partial charge in [0.25, 0.3) is 0 Å². The van der Waals surface area contributed by atoms with Crippen LogP contribution in [0, 0.1) is 16.3 Å². The molecule has 0 unspecified atom stereocenters. The van der Waals surface area contributed by atoms with Crippen LogP contribution in [0.25, 0.3) is 0 Å². The third-order valence-corrected chi connectivity index (χ3v) is 3.97. The molecule has 0 bridgehead atoms. The predicted octanol–water partition coefficient (Wildman–Crippen LogP) is 3.97. The average Bonchev–Trinajstić information content (AvgIpc) is 2.33. The van der Waals surface area contributed by atoms with Crippen molar-refractivity contribution in [3.63, 3.8) is 0 Å². The van der Waals surface area contributed by atoms with E-state index in [4.69, 9.17) is 0 Å². The van der Waals surface area contributed by atoms with Gasteiger partial charge in [-0.1, -0.05) is 12.1 Å². The van der Waals surface area contributed by atoms with Gasteiger partial charge in [-0.15, -0.1) is 0 Å². The molecule has 1 nitrogen and oxygen atoms in total. The summed E-state index contributed by atoms with van der Waals surface area (Å²) in [7, 11) is 0. The Hall–Kier alpha value is -1.23. The lowest BCUT2D eigenvalue weighted by Crippen LogP contribution is -2.04. The topological polar surface area (TPSA) is 17.1 Å². The molecule has 0 heterocycles. The van der Waals surface area contributed by atoms with Crippen molar-refractivity contribution in [3.05, 3.63) is 68.5 Å². The monoisotopic (exact) mass is 340 g/mol. The highest BCUT2D eigenvalue weighted by Gasteiger charge is 2.13. The summed E-state index contributed by atoms with van der Waals surface area (Å²) in [6.07, 6.45) is 0. The SMILES string of the molecule is Cc1cccc(C(=O)c2ccc(F)cc2)c1I. The molecule has 2 aromatic carbocycles. The Balaban J connectivity index is 2.44. The second kappa shape index (κ2) is 4.96. The highest BCUT2D eigenvalue weighted by atomic mass is 127. The molecular weight excluding hydrogens is 330 g/mol. The van der Waals surface area contributed by atoms with Gasteiger partial charge in [0, 0.05) is 14.7 Å². The minimum absolute atomic E-state index is 0.0712. The van der Waals surface area contributed by atoms with Crippen LogP contribution in [0.5, 0.6) is 0 Å². The number of hydrogen-bond acceptors (Lipinski definition) is 1. The Morgan fingerprint density at radius 2 is 1.76 bits per heavy atom. The van der Waals surface area contributed by atoms with E-state index >= 15 is 0 Å². The number of benzene rings is 2. The van der Waals surface area contributed by atoms with Crippen LogP contribution in [0.2, 0.25) is 0 Å². The summed E-state index contributed by atoms with van der Waals surface area (Å²) in [6.45, 7) is 1.96. The lowest BCUT2D eigenvalue weighted by Gasteiger charge is -2.06. The van der Waals surface area contributed by atoms with E-state index in [1.807, 2.05) is 19.1 Å². The van der Waals surface area contributed by atoms with E-state index < -0.39 is 0 Å². The third-order valence-electron chi connectivity index (χ3n) is 2.54. The van der Waals surface area contributed by atoms with E-state index in [1.54, 1.807) is 6.07 Å². The molecule has 0 atom stereocenters. The number of carbonyl (C=O) groups excluding carboxylic acids is 1. The maximum absolute atomic E-state index is 12.8. The van der Waals surface area contributed by atoms with Gasteiger partial charge in [0.2, 0.25) is 0 Å². The molecule has 17 heavy (non-hydrogen) atoms. The summed E-state index contributed by atoms with van der Waals surface area (Å²) in [4.78, 5) is 12.2. The lowest BCUT2D eigenvalue weighted by atomic mass is 10.0. The van der Waals surface area contributed by atoms with Crippen molar-refractivity contribution in [1.82, 2.24) is 0 Å². The summed E-state index contributed by atoms with van der Waals surface area (Å²) in [5.41, 5.74) is 2.24. The highest BCUT2D eigenvalue weighted by molar-refractivity contribution is 14.1. The first-order chi connectivity index (χ1) is 8.09. The van der Waals surface area contributed by atoms with Gasteiger partial charge in [0.05, 0.1) is 0 Å². The molecule has 0 radical (unpaired) electrons. The second-order valence-electron chi connectivity index (χ2n) is 3.77. The largest absolute Gasteiger partial charge is 0.289 e. The molecule has 0 aliphatic carbocycles. The fraction of sp³-hybridized carbons (Fsp3) is 0.0714. The van der Waals surface area contributed by atoms with E-state index in [9.17, 15) is 9.18 Å². The minimum Gasteiger partial charge on any atom is -0.289 e. The van der Waals surface area contributed by atoms with Crippen LogP contribution >= 0.6 is 22.6 Å². The number of ketones is 1. The predicted molar refractivity (Wildman–Crippen MR) is 73.7 cm³/mol. The van der Waals surface area contributed by atoms with Crippen LogP contribution in [-0.2, 0) is 0 Å². The van der Waals surface area contributed by atoms with Crippen molar-refractivity contribution in [2.24, 2.45) is 0 Å². The zero-order valence-electron chi connectivity index (χ0n) is 9.21. The molecule has 0 aromatic heterocycles. The second-order valence-corrected chi connectivity index (χ2v) is 4.85. The van der Waals surface area contributed by atoms with Crippen molar-refractivity contribution >= 4 is 28.4 Å². The van der Waals surface area contributed by atoms with Gasteiger partial charge < -0.3 is 0 Å². The third kappa shape index (κ3) is 2.54. The first-order valence-electron chi connectivity index (χ1n) is 5.15. The van der Waals surface area contributed by atoms with Crippen LogP contribution in [-0.4, -0.2) is 5.78 Å². The molecule has 3 heteroatoms. The fourth-order valence-corrected chi connectivity index (χ4v) is 2.18. The Morgan fingerprint density at radius 1 is 1.12 bits per heavy atom. The normalized spacial score (nSPS) is 10.3. The standard InChI is InChI=1S/C14H10FIO/c1-9-3-2-4-12(13(9)16)14(17)10-5-7-11(15)8-6-10/h2-8H,1H3. The van der Waals surface area contributed by atoms with Crippen LogP contribution in [0.15, 0.2) is 42.5 Å². The molecule has 0 amide bonds. The van der Waals surface area contributed by atoms with E-state index in [0.29, 0.717) is 11.1 Å². The smallest absolute Gasteiger partial charge is 0.194 e. The van der Waals surface area contributed by atoms with Gasteiger partial charge >= 0.3 is 0 Å². The molecule has 0 saturated carbocycles. The maximum atomic E-state index is 12.8. The van der Waals surface area contributed by atoms with Crippen molar-refractivity contribution in [3.8, 4) is 0 Å². The lowest BCUT2D eigenvalue weighted by molar-refractivity contribution is 0.103. The molecule has 0 aliphatic heterocycles. The zero-order chi connectivity index (χ0) is 12.4. The number of carbonyl (C=O) groups is 1. The van der Waals surface area contributed by atoms with Gasteiger partial charge in [-0.2, -0.15) is 0 Å². The first kappa shape index (κ1) is 12.2. The molecule has 0 aliphatic rings. The summed E-state index contributed by atoms with van der Waals surface area (Å²) in [5.74, 6) is -0.404. The molecule has 0 spiro atoms. The zero-order valence-corrected chi connectivity index (χ0v) is 11.4. The molecule has 2 rings (SSSR count). The first-order valence-corrected chi connectivity index (χ1v) is 6.23. The summed E-state index contributed by atoms with van der Waals surface area (Å²) in [6, 6.07) is 11.2. The van der Waals surface area contributed by atoms with Gasteiger partial charge in [0.15, 0.2) is 5.78 Å². The summed E-state index contributed by atoms with van der Waals surface area (Å²) in [5, 5.41) is 0. The van der Waals surface area contributed by atoms with Gasteiger partial charge in [-0.05, 0) is 65.4 Å². The quantitative estimate of drug-likeness (QED) is 0.597. The van der Waals surface area contributed by atoms with Gasteiger partial charge in [0.1, 0.15) is 5.82 Å². The Bertz CT molecular complexity index is 561. The van der Waals surface area contributed by atoms with Crippen molar-refractivity contribution in [2.45, 2.75) is 6.92 Å². The van der Waals surface area contributed by atoms with Crippen molar-refractivity contribution in [2.75, 3.05) is 0 Å². The number of halogens is 2. The molecule has 0 N–H and O–H groups in total. The van der Waals surface area contributed by atoms with Gasteiger partial charge in [-0.25, -0.2) is 4.39 Å². The van der Waals surface area contributed by atoms with Crippen LogP contribution in [0.3, 0.4) is 0 Å². The molecule has 86 valence electrons. The van der Waals surface area contributed by atoms with E-state index in [1.165, 1.54) is 24.3 Å². The Kier molecular flexibility index (Phi) is 3.57. The fourth-order valence-electron chi connectivity index (χ4n) is 1.58. The van der Waals surface area contributed by atoms with E-state index in [-0.39, 0.29) is 11.6 Å². The Labute approximate surface area is 113 Å². The number of rotatable bonds is 2. The average molecular weight is 340 g/mol. The maximum Gasteiger partial charge on any atom is 0.194 e. The molecular formula is C14H10FIO. The van der Waals surface area contributed by atoms with Crippen LogP contribution in [0.1, 0.15) is 21.5 Å².